The van der Waals surface area contributed by atoms with E-state index >= 15 is 0 Å². The Hall–Kier alpha value is -1.44. The van der Waals surface area contributed by atoms with Crippen LogP contribution in [0.3, 0.4) is 0 Å². The molecule has 0 fully saturated rings. The first kappa shape index (κ1) is 29.6. The minimum atomic E-state index is -1.25. The van der Waals surface area contributed by atoms with Gasteiger partial charge in [-0.25, -0.2) is 4.39 Å². The van der Waals surface area contributed by atoms with Crippen LogP contribution in [0.5, 0.6) is 0 Å². The lowest BCUT2D eigenvalue weighted by atomic mass is 10.2. The summed E-state index contributed by atoms with van der Waals surface area (Å²) in [6.45, 7) is 6.19. The lowest BCUT2D eigenvalue weighted by molar-refractivity contribution is -0.156. The van der Waals surface area contributed by atoms with E-state index in [2.05, 4.69) is 15.6 Å². The average Bonchev–Trinajstić information content (AvgIpc) is 2.74. The number of hydrogen-bond donors (Lipinski definition) is 2. The van der Waals surface area contributed by atoms with Crippen molar-refractivity contribution < 1.29 is 47.1 Å². The molecule has 2 amide bonds. The first-order valence-corrected chi connectivity index (χ1v) is 10.3. The zero-order valence-corrected chi connectivity index (χ0v) is 18.4. The van der Waals surface area contributed by atoms with Crippen molar-refractivity contribution >= 4 is 11.8 Å². The second-order valence-corrected chi connectivity index (χ2v) is 6.62. The minimum absolute atomic E-state index is 0.0599. The maximum atomic E-state index is 13.5. The molecule has 0 bridgehead atoms. The molecule has 0 aromatic rings. The number of nitrogens with one attached hydrogen (secondary N) is 2. The van der Waals surface area contributed by atoms with E-state index in [9.17, 15) is 18.5 Å². The van der Waals surface area contributed by atoms with Gasteiger partial charge in [-0.2, -0.15) is 4.94 Å². The van der Waals surface area contributed by atoms with Crippen molar-refractivity contribution in [3.05, 3.63) is 0 Å². The molecule has 0 aromatic heterocycles. The summed E-state index contributed by atoms with van der Waals surface area (Å²) in [7, 11) is 0. The number of amides is 2. The van der Waals surface area contributed by atoms with Gasteiger partial charge in [0, 0.05) is 12.5 Å². The number of ether oxygens (including phenoxy) is 5. The Morgan fingerprint density at radius 3 is 1.74 bits per heavy atom. The van der Waals surface area contributed by atoms with Crippen LogP contribution in [-0.2, 0) is 38.2 Å². The van der Waals surface area contributed by atoms with E-state index in [0.717, 1.165) is 0 Å². The Morgan fingerprint density at radius 2 is 1.26 bits per heavy atom. The molecule has 0 aliphatic carbocycles. The van der Waals surface area contributed by atoms with Gasteiger partial charge in [-0.05, 0) is 4.53 Å². The van der Waals surface area contributed by atoms with E-state index in [1.54, 1.807) is 13.8 Å². The molecule has 184 valence electrons. The number of halogens is 2. The second kappa shape index (κ2) is 21.8. The summed E-state index contributed by atoms with van der Waals surface area (Å²) in [6, 6.07) is 0. The highest BCUT2D eigenvalue weighted by molar-refractivity contribution is 5.77. The van der Waals surface area contributed by atoms with Crippen LogP contribution < -0.4 is 10.6 Å². The third-order valence-electron chi connectivity index (χ3n) is 3.56. The molecule has 1 atom stereocenters. The highest BCUT2D eigenvalue weighted by atomic mass is 19.3. The van der Waals surface area contributed by atoms with Gasteiger partial charge in [0.2, 0.25) is 11.8 Å². The highest BCUT2D eigenvalue weighted by Gasteiger charge is 2.11. The predicted octanol–water partition coefficient (Wildman–Crippen LogP) is 0.197. The minimum Gasteiger partial charge on any atom is -0.377 e. The van der Waals surface area contributed by atoms with E-state index in [-0.39, 0.29) is 38.1 Å². The molecule has 0 saturated heterocycles. The zero-order valence-electron chi connectivity index (χ0n) is 18.4. The number of rotatable bonds is 22. The van der Waals surface area contributed by atoms with Gasteiger partial charge < -0.3 is 34.3 Å². The van der Waals surface area contributed by atoms with Crippen molar-refractivity contribution in [1.82, 2.24) is 10.6 Å². The largest absolute Gasteiger partial charge is 0.377 e. The topological polar surface area (TPSA) is 114 Å². The highest BCUT2D eigenvalue weighted by Crippen LogP contribution is 1.94. The molecule has 0 aromatic carbocycles. The van der Waals surface area contributed by atoms with Gasteiger partial charge >= 0.3 is 0 Å². The summed E-state index contributed by atoms with van der Waals surface area (Å²) in [5, 5.41) is 4.91. The molecule has 0 spiro atoms. The molecule has 0 rings (SSSR count). The molecule has 0 heterocycles. The monoisotopic (exact) mass is 458 g/mol. The molecule has 10 nitrogen and oxygen atoms in total. The molecular weight excluding hydrogens is 422 g/mol. The Kier molecular flexibility index (Phi) is 20.8. The van der Waals surface area contributed by atoms with Crippen LogP contribution in [0.4, 0.5) is 8.92 Å². The predicted molar refractivity (Wildman–Crippen MR) is 107 cm³/mol. The molecular formula is C19H36F2N2O8. The normalized spacial score (nSPS) is 12.2. The molecule has 0 saturated carbocycles. The van der Waals surface area contributed by atoms with Crippen molar-refractivity contribution in [1.29, 1.82) is 0 Å². The molecule has 0 aliphatic heterocycles. The lowest BCUT2D eigenvalue weighted by Crippen LogP contribution is -2.35. The van der Waals surface area contributed by atoms with Gasteiger partial charge in [-0.15, -0.1) is 0 Å². The number of alkyl halides is 1. The standard InChI is InChI=1S/C19H36F2N2O8/c1-16(2)19(25)23-13-17(20)14-30-12-11-29-10-9-28-8-7-27-6-5-26-4-3-22-18(24)15-31-21/h16-17H,3-15H2,1-2H3,(H,22,24)(H,23,25). The summed E-state index contributed by atoms with van der Waals surface area (Å²) in [5.41, 5.74) is 0. The van der Waals surface area contributed by atoms with Crippen molar-refractivity contribution in [2.24, 2.45) is 5.92 Å². The quantitative estimate of drug-likeness (QED) is 0.221. The fraction of sp³-hybridized carbons (Fsp3) is 0.895. The molecule has 0 aliphatic rings. The Bertz CT molecular complexity index is 447. The van der Waals surface area contributed by atoms with Gasteiger partial charge in [0.1, 0.15) is 6.17 Å². The third-order valence-corrected chi connectivity index (χ3v) is 3.56. The van der Waals surface area contributed by atoms with Crippen molar-refractivity contribution in [2.75, 3.05) is 85.8 Å². The fourth-order valence-corrected chi connectivity index (χ4v) is 1.93. The SMILES string of the molecule is CC(C)C(=O)NCC(F)COCCOCCOCCOCCOCCNC(=O)COF. The van der Waals surface area contributed by atoms with Gasteiger partial charge in [0.05, 0.1) is 72.6 Å². The van der Waals surface area contributed by atoms with Crippen LogP contribution in [0.1, 0.15) is 13.8 Å². The fourth-order valence-electron chi connectivity index (χ4n) is 1.93. The van der Waals surface area contributed by atoms with Crippen molar-refractivity contribution in [3.8, 4) is 0 Å². The number of carbonyl (C=O) groups is 2. The average molecular weight is 458 g/mol. The zero-order chi connectivity index (χ0) is 23.2. The Morgan fingerprint density at radius 1 is 0.774 bits per heavy atom. The summed E-state index contributed by atoms with van der Waals surface area (Å²) in [4.78, 5) is 25.4. The molecule has 2 N–H and O–H groups in total. The van der Waals surface area contributed by atoms with Gasteiger partial charge in [0.25, 0.3) is 0 Å². The van der Waals surface area contributed by atoms with Crippen molar-refractivity contribution in [2.45, 2.75) is 20.0 Å². The van der Waals surface area contributed by atoms with Gasteiger partial charge in [-0.1, -0.05) is 13.8 Å². The van der Waals surface area contributed by atoms with E-state index in [1.165, 1.54) is 0 Å². The summed E-state index contributed by atoms with van der Waals surface area (Å²) in [5.74, 6) is -0.906. The van der Waals surface area contributed by atoms with Crippen LogP contribution in [0.15, 0.2) is 0 Å². The van der Waals surface area contributed by atoms with Crippen LogP contribution in [0, 0.1) is 5.92 Å². The smallest absolute Gasteiger partial charge is 0.249 e. The summed E-state index contributed by atoms with van der Waals surface area (Å²) in [6.07, 6.45) is -1.25. The Balaban J connectivity index is 3.20. The second-order valence-electron chi connectivity index (χ2n) is 6.62. The number of hydrogen-bond acceptors (Lipinski definition) is 8. The van der Waals surface area contributed by atoms with E-state index in [1.807, 2.05) is 0 Å². The van der Waals surface area contributed by atoms with Gasteiger partial charge in [-0.3, -0.25) is 9.59 Å². The molecule has 0 radical (unpaired) electrons. The third kappa shape index (κ3) is 21.6. The van der Waals surface area contributed by atoms with Crippen molar-refractivity contribution in [3.63, 3.8) is 0 Å². The van der Waals surface area contributed by atoms with Crippen LogP contribution in [0.25, 0.3) is 0 Å². The molecule has 12 heteroatoms. The maximum absolute atomic E-state index is 13.5. The summed E-state index contributed by atoms with van der Waals surface area (Å²) < 4.78 is 51.2. The van der Waals surface area contributed by atoms with Gasteiger partial charge in [0.15, 0.2) is 6.61 Å². The van der Waals surface area contributed by atoms with Crippen LogP contribution in [0.2, 0.25) is 0 Å². The Labute approximate surface area is 182 Å². The first-order chi connectivity index (χ1) is 15.0. The number of carbonyl (C=O) groups excluding carboxylic acids is 2. The van der Waals surface area contributed by atoms with Crippen LogP contribution >= 0.6 is 0 Å². The first-order valence-electron chi connectivity index (χ1n) is 10.3. The molecule has 31 heavy (non-hydrogen) atoms. The van der Waals surface area contributed by atoms with Crippen LogP contribution in [-0.4, -0.2) is 104 Å². The maximum Gasteiger partial charge on any atom is 0.249 e. The lowest BCUT2D eigenvalue weighted by Gasteiger charge is -2.12. The van der Waals surface area contributed by atoms with E-state index < -0.39 is 18.7 Å². The van der Waals surface area contributed by atoms with E-state index in [0.29, 0.717) is 52.9 Å². The summed E-state index contributed by atoms with van der Waals surface area (Å²) >= 11 is 0. The van der Waals surface area contributed by atoms with E-state index in [4.69, 9.17) is 23.7 Å². The molecule has 1 unspecified atom stereocenters.